The first kappa shape index (κ1) is 14.8. The number of hydrogen-bond donors (Lipinski definition) is 0. The van der Waals surface area contributed by atoms with Crippen LogP contribution in [0.1, 0.15) is 23.9 Å². The summed E-state index contributed by atoms with van der Waals surface area (Å²) in [6.45, 7) is 1.10. The van der Waals surface area contributed by atoms with E-state index in [2.05, 4.69) is 25.0 Å². The summed E-state index contributed by atoms with van der Waals surface area (Å²) in [5.74, 6) is 1.01. The van der Waals surface area contributed by atoms with Crippen molar-refractivity contribution < 1.29 is 13.2 Å². The molecule has 0 N–H and O–H groups in total. The third-order valence-electron chi connectivity index (χ3n) is 3.99. The fraction of sp³-hybridized carbons (Fsp3) is 0.357. The number of anilines is 1. The average Bonchev–Trinajstić information content (AvgIpc) is 3.23. The van der Waals surface area contributed by atoms with Gasteiger partial charge in [0.2, 0.25) is 0 Å². The average molecular weight is 335 g/mol. The van der Waals surface area contributed by atoms with Gasteiger partial charge in [-0.1, -0.05) is 0 Å². The van der Waals surface area contributed by atoms with Crippen molar-refractivity contribution in [2.24, 2.45) is 0 Å². The second-order valence-electron chi connectivity index (χ2n) is 5.51. The number of alkyl halides is 3. The molecule has 0 radical (unpaired) electrons. The lowest BCUT2D eigenvalue weighted by atomic mass is 10.1. The van der Waals surface area contributed by atoms with E-state index in [1.807, 2.05) is 4.90 Å². The Balaban J connectivity index is 1.70. The molecule has 0 aromatic carbocycles. The van der Waals surface area contributed by atoms with E-state index in [1.54, 1.807) is 18.5 Å². The van der Waals surface area contributed by atoms with Crippen molar-refractivity contribution in [2.45, 2.75) is 18.5 Å². The second-order valence-corrected chi connectivity index (χ2v) is 5.51. The molecule has 0 bridgehead atoms. The predicted molar refractivity (Wildman–Crippen MR) is 77.4 cm³/mol. The molecule has 1 atom stereocenters. The van der Waals surface area contributed by atoms with Crippen LogP contribution in [0.5, 0.6) is 0 Å². The summed E-state index contributed by atoms with van der Waals surface area (Å²) in [5.41, 5.74) is -0.975. The molecular weight excluding hydrogens is 323 g/mol. The zero-order chi connectivity index (χ0) is 16.7. The zero-order valence-electron chi connectivity index (χ0n) is 12.3. The Hall–Kier alpha value is -2.78. The maximum atomic E-state index is 13.1. The molecule has 0 aliphatic carbocycles. The lowest BCUT2D eigenvalue weighted by Crippen LogP contribution is -2.24. The molecule has 3 aromatic heterocycles. The summed E-state index contributed by atoms with van der Waals surface area (Å²) in [6.07, 6.45) is 0.734. The van der Waals surface area contributed by atoms with Gasteiger partial charge in [0, 0.05) is 37.5 Å². The van der Waals surface area contributed by atoms with E-state index < -0.39 is 11.9 Å². The predicted octanol–water partition coefficient (Wildman–Crippen LogP) is 1.93. The highest BCUT2D eigenvalue weighted by molar-refractivity contribution is 5.49. The smallest absolute Gasteiger partial charge is 0.356 e. The number of hydrogen-bond acceptors (Lipinski definition) is 6. The molecule has 3 aromatic rings. The molecule has 4 heterocycles. The quantitative estimate of drug-likeness (QED) is 0.712. The van der Waals surface area contributed by atoms with Gasteiger partial charge in [0.05, 0.1) is 0 Å². The number of rotatable bonds is 2. The minimum absolute atomic E-state index is 0.0623. The van der Waals surface area contributed by atoms with Gasteiger partial charge in [-0.25, -0.2) is 15.0 Å². The van der Waals surface area contributed by atoms with Gasteiger partial charge < -0.3 is 4.90 Å². The van der Waals surface area contributed by atoms with Crippen molar-refractivity contribution in [1.29, 1.82) is 0 Å². The molecular formula is C14H12F3N7. The maximum absolute atomic E-state index is 13.1. The number of halogens is 3. The third kappa shape index (κ3) is 2.53. The summed E-state index contributed by atoms with van der Waals surface area (Å²) in [6, 6.07) is 2.74. The monoisotopic (exact) mass is 335 g/mol. The third-order valence-corrected chi connectivity index (χ3v) is 3.99. The number of fused-ring (bicyclic) bond motifs is 1. The lowest BCUT2D eigenvalue weighted by Gasteiger charge is -2.20. The summed E-state index contributed by atoms with van der Waals surface area (Å²) in [5, 5.41) is 3.99. The Bertz CT molecular complexity index is 862. The summed E-state index contributed by atoms with van der Waals surface area (Å²) in [7, 11) is 0. The topological polar surface area (TPSA) is 72.1 Å². The SMILES string of the molecule is FC(F)(F)c1cc(N2CCC(c3ncccn3)C2)n2ncnc2n1. The Morgan fingerprint density at radius 1 is 1.12 bits per heavy atom. The first-order chi connectivity index (χ1) is 11.5. The van der Waals surface area contributed by atoms with Crippen LogP contribution < -0.4 is 4.90 Å². The molecule has 0 saturated carbocycles. The van der Waals surface area contributed by atoms with E-state index in [1.165, 1.54) is 10.8 Å². The molecule has 4 rings (SSSR count). The fourth-order valence-corrected chi connectivity index (χ4v) is 2.87. The summed E-state index contributed by atoms with van der Waals surface area (Å²) >= 11 is 0. The van der Waals surface area contributed by atoms with Gasteiger partial charge in [0.1, 0.15) is 18.0 Å². The second kappa shape index (κ2) is 5.39. The normalized spacial score (nSPS) is 18.5. The lowest BCUT2D eigenvalue weighted by molar-refractivity contribution is -0.141. The van der Waals surface area contributed by atoms with Crippen LogP contribution in [0.4, 0.5) is 19.0 Å². The van der Waals surface area contributed by atoms with Gasteiger partial charge >= 0.3 is 6.18 Å². The van der Waals surface area contributed by atoms with E-state index >= 15 is 0 Å². The van der Waals surface area contributed by atoms with Gasteiger partial charge in [-0.2, -0.15) is 27.8 Å². The van der Waals surface area contributed by atoms with Crippen LogP contribution in [-0.4, -0.2) is 42.6 Å². The first-order valence-corrected chi connectivity index (χ1v) is 7.32. The molecule has 1 aliphatic heterocycles. The van der Waals surface area contributed by atoms with Crippen molar-refractivity contribution in [1.82, 2.24) is 29.5 Å². The minimum Gasteiger partial charge on any atom is -0.356 e. The molecule has 0 amide bonds. The molecule has 1 unspecified atom stereocenters. The molecule has 7 nitrogen and oxygen atoms in total. The Labute approximate surface area is 134 Å². The Morgan fingerprint density at radius 2 is 1.92 bits per heavy atom. The van der Waals surface area contributed by atoms with Gasteiger partial charge in [0.15, 0.2) is 5.69 Å². The van der Waals surface area contributed by atoms with Crippen molar-refractivity contribution >= 4 is 11.6 Å². The highest BCUT2D eigenvalue weighted by Gasteiger charge is 2.36. The molecule has 1 saturated heterocycles. The number of aromatic nitrogens is 6. The van der Waals surface area contributed by atoms with Crippen LogP contribution in [0.3, 0.4) is 0 Å². The van der Waals surface area contributed by atoms with Crippen LogP contribution in [0, 0.1) is 0 Å². The van der Waals surface area contributed by atoms with Gasteiger partial charge in [-0.05, 0) is 12.5 Å². The van der Waals surface area contributed by atoms with Crippen LogP contribution in [0.25, 0.3) is 5.78 Å². The fourth-order valence-electron chi connectivity index (χ4n) is 2.87. The first-order valence-electron chi connectivity index (χ1n) is 7.32. The minimum atomic E-state index is -4.54. The van der Waals surface area contributed by atoms with E-state index in [-0.39, 0.29) is 11.7 Å². The van der Waals surface area contributed by atoms with E-state index in [0.29, 0.717) is 24.7 Å². The molecule has 1 aliphatic rings. The van der Waals surface area contributed by atoms with Gasteiger partial charge in [-0.15, -0.1) is 0 Å². The van der Waals surface area contributed by atoms with Crippen molar-refractivity contribution in [2.75, 3.05) is 18.0 Å². The highest BCUT2D eigenvalue weighted by Crippen LogP contribution is 2.33. The maximum Gasteiger partial charge on any atom is 0.433 e. The molecule has 124 valence electrons. The van der Waals surface area contributed by atoms with Crippen LogP contribution in [0.15, 0.2) is 30.9 Å². The van der Waals surface area contributed by atoms with Crippen molar-refractivity contribution in [3.63, 3.8) is 0 Å². The molecule has 0 spiro atoms. The van der Waals surface area contributed by atoms with E-state index in [0.717, 1.165) is 12.5 Å². The Morgan fingerprint density at radius 3 is 2.67 bits per heavy atom. The molecule has 24 heavy (non-hydrogen) atoms. The largest absolute Gasteiger partial charge is 0.433 e. The summed E-state index contributed by atoms with van der Waals surface area (Å²) in [4.78, 5) is 17.6. The van der Waals surface area contributed by atoms with E-state index in [9.17, 15) is 13.2 Å². The number of nitrogens with zero attached hydrogens (tertiary/aromatic N) is 7. The summed E-state index contributed by atoms with van der Waals surface area (Å²) < 4.78 is 40.5. The Kier molecular flexibility index (Phi) is 3.32. The standard InChI is InChI=1S/C14H12F3N7/c15-14(16,17)10-6-11(24-13(22-10)20-8-21-24)23-5-2-9(7-23)12-18-3-1-4-19-12/h1,3-4,6,8-9H,2,5,7H2. The zero-order valence-corrected chi connectivity index (χ0v) is 12.3. The van der Waals surface area contributed by atoms with E-state index in [4.69, 9.17) is 0 Å². The van der Waals surface area contributed by atoms with Crippen LogP contribution in [0.2, 0.25) is 0 Å². The van der Waals surface area contributed by atoms with Crippen LogP contribution in [-0.2, 0) is 6.18 Å². The molecule has 10 heteroatoms. The van der Waals surface area contributed by atoms with Gasteiger partial charge in [-0.3, -0.25) is 0 Å². The van der Waals surface area contributed by atoms with Gasteiger partial charge in [0.25, 0.3) is 5.78 Å². The molecule has 1 fully saturated rings. The van der Waals surface area contributed by atoms with Crippen molar-refractivity contribution in [3.8, 4) is 0 Å². The highest BCUT2D eigenvalue weighted by atomic mass is 19.4. The van der Waals surface area contributed by atoms with Crippen LogP contribution >= 0.6 is 0 Å². The van der Waals surface area contributed by atoms with Crippen molar-refractivity contribution in [3.05, 3.63) is 42.4 Å².